The molecule has 0 aliphatic heterocycles. The van der Waals surface area contributed by atoms with Crippen molar-refractivity contribution < 1.29 is 8.78 Å². The first-order chi connectivity index (χ1) is 16.7. The van der Waals surface area contributed by atoms with Gasteiger partial charge in [0.2, 0.25) is 0 Å². The van der Waals surface area contributed by atoms with Crippen molar-refractivity contribution in [3.8, 4) is 16.9 Å². The smallest absolute Gasteiger partial charge is 0.135 e. The third-order valence-corrected chi connectivity index (χ3v) is 7.44. The summed E-state index contributed by atoms with van der Waals surface area (Å²) in [4.78, 5) is 4.80. The van der Waals surface area contributed by atoms with Crippen LogP contribution in [0.15, 0.2) is 72.8 Å². The van der Waals surface area contributed by atoms with E-state index >= 15 is 0 Å². The van der Waals surface area contributed by atoms with E-state index in [-0.39, 0.29) is 11.0 Å². The van der Waals surface area contributed by atoms with E-state index in [0.717, 1.165) is 29.6 Å². The number of hydrogen-bond donors (Lipinski definition) is 0. The van der Waals surface area contributed by atoms with Crippen LogP contribution in [0.4, 0.5) is 8.78 Å². The van der Waals surface area contributed by atoms with Crippen molar-refractivity contribution in [2.45, 2.75) is 58.3 Å². The van der Waals surface area contributed by atoms with Crippen molar-refractivity contribution >= 4 is 0 Å². The molecule has 180 valence electrons. The minimum Gasteiger partial charge on any atom is -0.252 e. The molecule has 0 spiro atoms. The van der Waals surface area contributed by atoms with E-state index in [0.29, 0.717) is 5.69 Å². The molecule has 2 aromatic heterocycles. The molecule has 35 heavy (non-hydrogen) atoms. The van der Waals surface area contributed by atoms with Gasteiger partial charge >= 0.3 is 0 Å². The van der Waals surface area contributed by atoms with Gasteiger partial charge in [0.15, 0.2) is 0 Å². The monoisotopic (exact) mass is 471 g/mol. The first kappa shape index (κ1) is 23.4. The van der Waals surface area contributed by atoms with Crippen LogP contribution in [-0.4, -0.2) is 14.8 Å². The van der Waals surface area contributed by atoms with Crippen LogP contribution in [0.2, 0.25) is 0 Å². The Bertz CT molecular complexity index is 1330. The summed E-state index contributed by atoms with van der Waals surface area (Å²) in [6.45, 7) is 6.58. The van der Waals surface area contributed by atoms with Crippen LogP contribution >= 0.6 is 0 Å². The lowest BCUT2D eigenvalue weighted by atomic mass is 9.82. The SMILES string of the molecule is CC1(Cc2cc(C(C)(C)c3cccc(-c4ccc(F)cc4F)n3)nn2-c2ccccc2)CCCC1. The van der Waals surface area contributed by atoms with E-state index in [9.17, 15) is 8.78 Å². The highest BCUT2D eigenvalue weighted by molar-refractivity contribution is 5.60. The molecular formula is C30H31F2N3. The van der Waals surface area contributed by atoms with Crippen LogP contribution in [0.3, 0.4) is 0 Å². The van der Waals surface area contributed by atoms with Gasteiger partial charge in [-0.2, -0.15) is 5.10 Å². The molecule has 0 saturated heterocycles. The summed E-state index contributed by atoms with van der Waals surface area (Å²) in [7, 11) is 0. The summed E-state index contributed by atoms with van der Waals surface area (Å²) in [5.41, 5.74) is 4.48. The second-order valence-corrected chi connectivity index (χ2v) is 10.6. The van der Waals surface area contributed by atoms with Crippen LogP contribution in [0.1, 0.15) is 63.5 Å². The Kier molecular flexibility index (Phi) is 6.04. The van der Waals surface area contributed by atoms with E-state index in [1.54, 1.807) is 6.07 Å². The molecule has 0 radical (unpaired) electrons. The first-order valence-corrected chi connectivity index (χ1v) is 12.3. The fraction of sp³-hybridized carbons (Fsp3) is 0.333. The minimum atomic E-state index is -0.618. The van der Waals surface area contributed by atoms with Crippen LogP contribution in [0, 0.1) is 17.0 Å². The lowest BCUT2D eigenvalue weighted by Gasteiger charge is -2.23. The van der Waals surface area contributed by atoms with Crippen molar-refractivity contribution in [2.75, 3.05) is 0 Å². The average Bonchev–Trinajstić information content (AvgIpc) is 3.46. The molecule has 0 atom stereocenters. The van der Waals surface area contributed by atoms with Crippen molar-refractivity contribution in [1.29, 1.82) is 0 Å². The Morgan fingerprint density at radius 1 is 0.886 bits per heavy atom. The molecule has 0 bridgehead atoms. The van der Waals surface area contributed by atoms with Crippen LogP contribution in [-0.2, 0) is 11.8 Å². The number of halogens is 2. The lowest BCUT2D eigenvalue weighted by molar-refractivity contribution is 0.328. The Morgan fingerprint density at radius 2 is 1.63 bits per heavy atom. The fourth-order valence-electron chi connectivity index (χ4n) is 5.25. The second-order valence-electron chi connectivity index (χ2n) is 10.6. The molecular weight excluding hydrogens is 440 g/mol. The third-order valence-electron chi connectivity index (χ3n) is 7.44. The zero-order valence-corrected chi connectivity index (χ0v) is 20.6. The average molecular weight is 472 g/mol. The molecule has 1 aliphatic rings. The molecule has 0 N–H and O–H groups in total. The van der Waals surface area contributed by atoms with E-state index in [1.807, 2.05) is 30.3 Å². The van der Waals surface area contributed by atoms with Crippen LogP contribution in [0.25, 0.3) is 16.9 Å². The highest BCUT2D eigenvalue weighted by Gasteiger charge is 2.33. The van der Waals surface area contributed by atoms with Crippen molar-refractivity contribution in [3.63, 3.8) is 0 Å². The van der Waals surface area contributed by atoms with Crippen molar-refractivity contribution in [1.82, 2.24) is 14.8 Å². The summed E-state index contributed by atoms with van der Waals surface area (Å²) >= 11 is 0. The summed E-state index contributed by atoms with van der Waals surface area (Å²) < 4.78 is 30.0. The van der Waals surface area contributed by atoms with Crippen molar-refractivity contribution in [3.05, 3.63) is 102 Å². The number of pyridine rings is 1. The van der Waals surface area contributed by atoms with Gasteiger partial charge in [-0.25, -0.2) is 13.5 Å². The van der Waals surface area contributed by atoms with Gasteiger partial charge < -0.3 is 0 Å². The number of nitrogens with zero attached hydrogens (tertiary/aromatic N) is 3. The van der Waals surface area contributed by atoms with Gasteiger partial charge in [0.1, 0.15) is 11.6 Å². The first-order valence-electron chi connectivity index (χ1n) is 12.3. The lowest BCUT2D eigenvalue weighted by Crippen LogP contribution is -2.22. The van der Waals surface area contributed by atoms with Crippen molar-refractivity contribution in [2.24, 2.45) is 5.41 Å². The summed E-state index contributed by atoms with van der Waals surface area (Å²) in [5, 5.41) is 5.09. The van der Waals surface area contributed by atoms with E-state index in [1.165, 1.54) is 43.5 Å². The van der Waals surface area contributed by atoms with Gasteiger partial charge in [0.05, 0.1) is 28.2 Å². The number of rotatable bonds is 6. The Balaban J connectivity index is 1.56. The number of aromatic nitrogens is 3. The number of benzene rings is 2. The Morgan fingerprint density at radius 3 is 2.34 bits per heavy atom. The maximum absolute atomic E-state index is 14.5. The zero-order chi connectivity index (χ0) is 24.6. The second kappa shape index (κ2) is 9.03. The third kappa shape index (κ3) is 4.64. The molecule has 0 unspecified atom stereocenters. The quantitative estimate of drug-likeness (QED) is 0.289. The van der Waals surface area contributed by atoms with Crippen LogP contribution < -0.4 is 0 Å². The van der Waals surface area contributed by atoms with Gasteiger partial charge in [-0.05, 0) is 81.0 Å². The molecule has 1 aliphatic carbocycles. The van der Waals surface area contributed by atoms with E-state index in [4.69, 9.17) is 10.1 Å². The van der Waals surface area contributed by atoms with Gasteiger partial charge in [-0.1, -0.05) is 44.0 Å². The number of para-hydroxylation sites is 1. The maximum Gasteiger partial charge on any atom is 0.135 e. The predicted molar refractivity (Wildman–Crippen MR) is 136 cm³/mol. The van der Waals surface area contributed by atoms with E-state index in [2.05, 4.69) is 43.7 Å². The fourth-order valence-corrected chi connectivity index (χ4v) is 5.25. The maximum atomic E-state index is 14.5. The molecule has 2 heterocycles. The normalized spacial score (nSPS) is 15.5. The molecule has 0 amide bonds. The molecule has 3 nitrogen and oxygen atoms in total. The standard InChI is InChI=1S/C30H31F2N3/c1-29(2,27-13-9-12-26(33-27)24-15-14-21(31)18-25(24)32)28-19-23(20-30(3)16-7-8-17-30)35(34-28)22-10-5-4-6-11-22/h4-6,9-15,18-19H,7-8,16-17,20H2,1-3H3. The molecule has 1 fully saturated rings. The molecule has 5 heteroatoms. The minimum absolute atomic E-state index is 0.284. The van der Waals surface area contributed by atoms with Crippen LogP contribution in [0.5, 0.6) is 0 Å². The number of hydrogen-bond acceptors (Lipinski definition) is 2. The van der Waals surface area contributed by atoms with E-state index < -0.39 is 17.0 Å². The highest BCUT2D eigenvalue weighted by atomic mass is 19.1. The molecule has 2 aromatic carbocycles. The Labute approximate surface area is 205 Å². The molecule has 5 rings (SSSR count). The summed E-state index contributed by atoms with van der Waals surface area (Å²) in [6.07, 6.45) is 6.01. The predicted octanol–water partition coefficient (Wildman–Crippen LogP) is 7.66. The molecule has 4 aromatic rings. The Hall–Kier alpha value is -3.34. The topological polar surface area (TPSA) is 30.7 Å². The van der Waals surface area contributed by atoms with Gasteiger partial charge in [-0.3, -0.25) is 4.98 Å². The summed E-state index contributed by atoms with van der Waals surface area (Å²) in [6, 6.07) is 21.6. The largest absolute Gasteiger partial charge is 0.252 e. The zero-order valence-electron chi connectivity index (χ0n) is 20.6. The molecule has 1 saturated carbocycles. The highest BCUT2D eigenvalue weighted by Crippen LogP contribution is 2.41. The van der Waals surface area contributed by atoms with Gasteiger partial charge in [-0.15, -0.1) is 0 Å². The summed E-state index contributed by atoms with van der Waals surface area (Å²) in [5.74, 6) is -1.22. The van der Waals surface area contributed by atoms with Gasteiger partial charge in [0, 0.05) is 17.3 Å². The van der Waals surface area contributed by atoms with Gasteiger partial charge in [0.25, 0.3) is 0 Å².